The van der Waals surface area contributed by atoms with Crippen LogP contribution in [0.3, 0.4) is 0 Å². The number of carbonyl (C=O) groups excluding carboxylic acids is 1. The van der Waals surface area contributed by atoms with Crippen LogP contribution in [-0.2, 0) is 0 Å². The lowest BCUT2D eigenvalue weighted by atomic mass is 10.3. The van der Waals surface area contributed by atoms with Crippen LogP contribution in [0.25, 0.3) is 10.3 Å². The van der Waals surface area contributed by atoms with Crippen LogP contribution in [0.4, 0.5) is 5.69 Å². The maximum atomic E-state index is 12.4. The number of nitrogens with two attached hydrogens (primary N) is 1. The van der Waals surface area contributed by atoms with Crippen LogP contribution in [0.2, 0.25) is 0 Å². The van der Waals surface area contributed by atoms with Crippen LogP contribution in [0.1, 0.15) is 16.1 Å². The molecule has 0 fully saturated rings. The van der Waals surface area contributed by atoms with Gasteiger partial charge in [0.1, 0.15) is 15.2 Å². The first-order chi connectivity index (χ1) is 9.50. The van der Waals surface area contributed by atoms with Gasteiger partial charge in [-0.1, -0.05) is 0 Å². The first-order valence-electron chi connectivity index (χ1n) is 6.40. The number of rotatable bonds is 5. The summed E-state index contributed by atoms with van der Waals surface area (Å²) in [7, 11) is 5.83. The van der Waals surface area contributed by atoms with Gasteiger partial charge >= 0.3 is 0 Å². The van der Waals surface area contributed by atoms with Gasteiger partial charge < -0.3 is 15.5 Å². The zero-order valence-corrected chi connectivity index (χ0v) is 12.8. The lowest BCUT2D eigenvalue weighted by Crippen LogP contribution is -2.29. The minimum atomic E-state index is -0.0638. The highest BCUT2D eigenvalue weighted by Crippen LogP contribution is 2.31. The molecule has 0 saturated heterocycles. The van der Waals surface area contributed by atoms with Gasteiger partial charge in [0.25, 0.3) is 5.91 Å². The van der Waals surface area contributed by atoms with Crippen LogP contribution in [0.5, 0.6) is 0 Å². The van der Waals surface area contributed by atoms with E-state index in [-0.39, 0.29) is 5.91 Å². The normalized spacial score (nSPS) is 11.2. The number of nitrogen functional groups attached to an aromatic ring is 1. The summed E-state index contributed by atoms with van der Waals surface area (Å²) in [6.07, 6.45) is 4.12. The Balaban J connectivity index is 2.12. The molecule has 0 bridgehead atoms. The lowest BCUT2D eigenvalue weighted by molar-refractivity contribution is 0.0796. The number of aromatic nitrogens is 2. The van der Waals surface area contributed by atoms with Crippen molar-refractivity contribution in [2.24, 2.45) is 0 Å². The second-order valence-corrected chi connectivity index (χ2v) is 5.94. The summed E-state index contributed by atoms with van der Waals surface area (Å²) >= 11 is 1.30. The molecule has 0 atom stereocenters. The van der Waals surface area contributed by atoms with E-state index < -0.39 is 0 Å². The third-order valence-electron chi connectivity index (χ3n) is 3.00. The van der Waals surface area contributed by atoms with Gasteiger partial charge in [-0.2, -0.15) is 0 Å². The molecule has 2 aromatic rings. The van der Waals surface area contributed by atoms with Crippen molar-refractivity contribution in [3.05, 3.63) is 17.3 Å². The van der Waals surface area contributed by atoms with Crippen LogP contribution in [0.15, 0.2) is 12.4 Å². The van der Waals surface area contributed by atoms with Crippen molar-refractivity contribution in [3.8, 4) is 0 Å². The SMILES string of the molecule is CN(C)CCCN(C)C(=O)c1sc2nccnc2c1N. The smallest absolute Gasteiger partial charge is 0.265 e. The molecule has 0 aliphatic carbocycles. The Morgan fingerprint density at radius 1 is 1.25 bits per heavy atom. The van der Waals surface area contributed by atoms with E-state index in [0.717, 1.165) is 13.0 Å². The van der Waals surface area contributed by atoms with Gasteiger partial charge in [-0.15, -0.1) is 11.3 Å². The fourth-order valence-electron chi connectivity index (χ4n) is 1.90. The molecule has 0 radical (unpaired) electrons. The first kappa shape index (κ1) is 14.7. The molecule has 0 aliphatic rings. The highest BCUT2D eigenvalue weighted by molar-refractivity contribution is 7.21. The average molecular weight is 293 g/mol. The summed E-state index contributed by atoms with van der Waals surface area (Å²) < 4.78 is 0. The lowest BCUT2D eigenvalue weighted by Gasteiger charge is -2.18. The molecular formula is C13H19N5OS. The molecule has 2 N–H and O–H groups in total. The summed E-state index contributed by atoms with van der Waals surface area (Å²) in [5.74, 6) is -0.0638. The molecule has 2 heterocycles. The van der Waals surface area contributed by atoms with E-state index in [1.807, 2.05) is 14.1 Å². The van der Waals surface area contributed by atoms with E-state index in [1.165, 1.54) is 11.3 Å². The topological polar surface area (TPSA) is 75.3 Å². The number of anilines is 1. The molecule has 20 heavy (non-hydrogen) atoms. The Morgan fingerprint density at radius 2 is 1.95 bits per heavy atom. The van der Waals surface area contributed by atoms with Gasteiger partial charge in [0, 0.05) is 26.0 Å². The van der Waals surface area contributed by atoms with Crippen molar-refractivity contribution >= 4 is 33.3 Å². The molecule has 2 aromatic heterocycles. The summed E-state index contributed by atoms with van der Waals surface area (Å²) in [4.78, 5) is 25.8. The Bertz CT molecular complexity index is 610. The van der Waals surface area contributed by atoms with Crippen molar-refractivity contribution in [3.63, 3.8) is 0 Å². The van der Waals surface area contributed by atoms with Crippen LogP contribution in [-0.4, -0.2) is 59.9 Å². The van der Waals surface area contributed by atoms with Gasteiger partial charge in [-0.3, -0.25) is 4.79 Å². The van der Waals surface area contributed by atoms with E-state index >= 15 is 0 Å². The summed E-state index contributed by atoms with van der Waals surface area (Å²) in [6, 6.07) is 0. The fraction of sp³-hybridized carbons (Fsp3) is 0.462. The zero-order valence-electron chi connectivity index (χ0n) is 12.0. The van der Waals surface area contributed by atoms with Gasteiger partial charge in [-0.25, -0.2) is 9.97 Å². The Hall–Kier alpha value is -1.73. The molecule has 0 aromatic carbocycles. The van der Waals surface area contributed by atoms with E-state index in [9.17, 15) is 4.79 Å². The molecule has 108 valence electrons. The fourth-order valence-corrected chi connectivity index (χ4v) is 2.92. The minimum absolute atomic E-state index is 0.0638. The first-order valence-corrected chi connectivity index (χ1v) is 7.21. The Kier molecular flexibility index (Phi) is 4.51. The number of carbonyl (C=O) groups is 1. The van der Waals surface area contributed by atoms with Crippen molar-refractivity contribution in [2.75, 3.05) is 40.0 Å². The Labute approximate surface area is 122 Å². The predicted octanol–water partition coefficient (Wildman–Crippen LogP) is 1.30. The molecule has 0 saturated carbocycles. The highest BCUT2D eigenvalue weighted by Gasteiger charge is 2.20. The van der Waals surface area contributed by atoms with E-state index in [0.29, 0.717) is 27.5 Å². The summed E-state index contributed by atoms with van der Waals surface area (Å²) in [6.45, 7) is 1.65. The molecule has 1 amide bonds. The van der Waals surface area contributed by atoms with Crippen LogP contribution < -0.4 is 5.73 Å². The second-order valence-electron chi connectivity index (χ2n) is 4.94. The van der Waals surface area contributed by atoms with Crippen molar-refractivity contribution < 1.29 is 4.79 Å². The van der Waals surface area contributed by atoms with Gasteiger partial charge in [0.2, 0.25) is 0 Å². The highest BCUT2D eigenvalue weighted by atomic mass is 32.1. The molecule has 0 unspecified atom stereocenters. The second kappa shape index (κ2) is 6.15. The molecule has 7 heteroatoms. The monoisotopic (exact) mass is 293 g/mol. The molecule has 6 nitrogen and oxygen atoms in total. The maximum absolute atomic E-state index is 12.4. The molecule has 0 aliphatic heterocycles. The molecular weight excluding hydrogens is 274 g/mol. The maximum Gasteiger partial charge on any atom is 0.265 e. The number of nitrogens with zero attached hydrogens (tertiary/aromatic N) is 4. The van der Waals surface area contributed by atoms with E-state index in [1.54, 1.807) is 24.3 Å². The third kappa shape index (κ3) is 3.05. The zero-order chi connectivity index (χ0) is 14.7. The largest absolute Gasteiger partial charge is 0.396 e. The van der Waals surface area contributed by atoms with E-state index in [2.05, 4.69) is 14.9 Å². The minimum Gasteiger partial charge on any atom is -0.396 e. The van der Waals surface area contributed by atoms with Gasteiger partial charge in [0.15, 0.2) is 0 Å². The summed E-state index contributed by atoms with van der Waals surface area (Å²) in [5, 5.41) is 0. The predicted molar refractivity (Wildman–Crippen MR) is 82.0 cm³/mol. The quantitative estimate of drug-likeness (QED) is 0.899. The molecule has 2 rings (SSSR count). The van der Waals surface area contributed by atoms with Gasteiger partial charge in [0.05, 0.1) is 5.69 Å². The van der Waals surface area contributed by atoms with Gasteiger partial charge in [-0.05, 0) is 27.1 Å². The van der Waals surface area contributed by atoms with Crippen molar-refractivity contribution in [1.29, 1.82) is 0 Å². The van der Waals surface area contributed by atoms with E-state index in [4.69, 9.17) is 5.73 Å². The Morgan fingerprint density at radius 3 is 2.60 bits per heavy atom. The standard InChI is InChI=1S/C13H19N5OS/c1-17(2)7-4-8-18(3)13(19)11-9(14)10-12(20-11)16-6-5-15-10/h5-6H,4,7-8,14H2,1-3H3. The number of fused-ring (bicyclic) bond motifs is 1. The third-order valence-corrected chi connectivity index (χ3v) is 4.09. The van der Waals surface area contributed by atoms with Crippen LogP contribution >= 0.6 is 11.3 Å². The summed E-state index contributed by atoms with van der Waals surface area (Å²) in [5.41, 5.74) is 7.05. The van der Waals surface area contributed by atoms with Crippen LogP contribution in [0, 0.1) is 0 Å². The molecule has 0 spiro atoms. The number of hydrogen-bond acceptors (Lipinski definition) is 6. The number of amides is 1. The van der Waals surface area contributed by atoms with Crippen molar-refractivity contribution in [2.45, 2.75) is 6.42 Å². The van der Waals surface area contributed by atoms with Crippen molar-refractivity contribution in [1.82, 2.24) is 19.8 Å². The number of thiophene rings is 1. The number of hydrogen-bond donors (Lipinski definition) is 1. The average Bonchev–Trinajstić information content (AvgIpc) is 2.75.